The minimum atomic E-state index is -0.180. The van der Waals surface area contributed by atoms with Gasteiger partial charge in [-0.25, -0.2) is 0 Å². The summed E-state index contributed by atoms with van der Waals surface area (Å²) in [5.74, 6) is 0.647. The number of carbonyl (C=O) groups is 1. The van der Waals surface area contributed by atoms with E-state index in [4.69, 9.17) is 9.47 Å². The summed E-state index contributed by atoms with van der Waals surface area (Å²) in [7, 11) is 0. The third-order valence-electron chi connectivity index (χ3n) is 4.76. The van der Waals surface area contributed by atoms with E-state index < -0.39 is 0 Å². The number of carbonyl (C=O) groups excluding carboxylic acids is 1. The fourth-order valence-electron chi connectivity index (χ4n) is 3.56. The zero-order chi connectivity index (χ0) is 17.2. The molecule has 2 aliphatic heterocycles. The van der Waals surface area contributed by atoms with Crippen LogP contribution in [0.15, 0.2) is 18.5 Å². The molecule has 5 heteroatoms. The Balaban J connectivity index is 1.48. The number of amides is 1. The third-order valence-corrected chi connectivity index (χ3v) is 4.76. The van der Waals surface area contributed by atoms with Gasteiger partial charge in [-0.05, 0) is 30.4 Å². The number of ether oxygens (including phenoxy) is 2. The SMILES string of the molecule is Cc1cncc(CO[C@@H]2CCOC3(C2)CN(C(=O)CC(C)C)C3)c1. The van der Waals surface area contributed by atoms with Crippen molar-refractivity contribution in [2.24, 2.45) is 5.92 Å². The molecule has 0 aromatic carbocycles. The molecule has 5 nitrogen and oxygen atoms in total. The van der Waals surface area contributed by atoms with Crippen LogP contribution in [0.3, 0.4) is 0 Å². The van der Waals surface area contributed by atoms with E-state index in [1.807, 2.05) is 24.2 Å². The third kappa shape index (κ3) is 4.14. The fourth-order valence-corrected chi connectivity index (χ4v) is 3.56. The number of rotatable bonds is 5. The highest BCUT2D eigenvalue weighted by Crippen LogP contribution is 2.36. The fraction of sp³-hybridized carbons (Fsp3) is 0.684. The number of hydrogen-bond acceptors (Lipinski definition) is 4. The second kappa shape index (κ2) is 7.19. The number of aromatic nitrogens is 1. The van der Waals surface area contributed by atoms with Gasteiger partial charge in [0.2, 0.25) is 5.91 Å². The van der Waals surface area contributed by atoms with E-state index in [9.17, 15) is 4.79 Å². The highest BCUT2D eigenvalue weighted by Gasteiger charge is 2.49. The number of aryl methyl sites for hydroxylation is 1. The molecule has 1 aromatic rings. The van der Waals surface area contributed by atoms with Gasteiger partial charge in [0, 0.05) is 31.8 Å². The number of hydrogen-bond donors (Lipinski definition) is 0. The zero-order valence-corrected chi connectivity index (χ0v) is 15.0. The number of pyridine rings is 1. The Bertz CT molecular complexity index is 582. The van der Waals surface area contributed by atoms with Crippen molar-refractivity contribution in [2.75, 3.05) is 19.7 Å². The molecule has 0 aliphatic carbocycles. The Kier molecular flexibility index (Phi) is 5.21. The molecule has 0 bridgehead atoms. The largest absolute Gasteiger partial charge is 0.373 e. The van der Waals surface area contributed by atoms with E-state index >= 15 is 0 Å². The van der Waals surface area contributed by atoms with Crippen molar-refractivity contribution in [2.45, 2.75) is 58.3 Å². The van der Waals surface area contributed by atoms with Gasteiger partial charge in [0.15, 0.2) is 0 Å². The van der Waals surface area contributed by atoms with Crippen LogP contribution < -0.4 is 0 Å². The molecule has 24 heavy (non-hydrogen) atoms. The molecule has 0 unspecified atom stereocenters. The van der Waals surface area contributed by atoms with Crippen LogP contribution in [0.25, 0.3) is 0 Å². The molecule has 3 heterocycles. The van der Waals surface area contributed by atoms with Crippen LogP contribution in [0.2, 0.25) is 0 Å². The molecular weight excluding hydrogens is 304 g/mol. The molecule has 3 rings (SSSR count). The Hall–Kier alpha value is -1.46. The van der Waals surface area contributed by atoms with E-state index in [1.165, 1.54) is 0 Å². The van der Waals surface area contributed by atoms with Gasteiger partial charge in [-0.15, -0.1) is 0 Å². The predicted molar refractivity (Wildman–Crippen MR) is 91.5 cm³/mol. The summed E-state index contributed by atoms with van der Waals surface area (Å²) in [4.78, 5) is 18.2. The zero-order valence-electron chi connectivity index (χ0n) is 15.0. The van der Waals surface area contributed by atoms with Crippen molar-refractivity contribution in [3.8, 4) is 0 Å². The van der Waals surface area contributed by atoms with Crippen LogP contribution in [0.4, 0.5) is 0 Å². The lowest BCUT2D eigenvalue weighted by Gasteiger charge is -2.53. The molecule has 132 valence electrons. The average Bonchev–Trinajstić information content (AvgIpc) is 2.50. The first-order chi connectivity index (χ1) is 11.5. The predicted octanol–water partition coefficient (Wildman–Crippen LogP) is 2.71. The molecule has 1 spiro atoms. The van der Waals surface area contributed by atoms with Crippen LogP contribution in [-0.2, 0) is 20.9 Å². The van der Waals surface area contributed by atoms with E-state index in [-0.39, 0.29) is 17.6 Å². The van der Waals surface area contributed by atoms with E-state index in [2.05, 4.69) is 24.9 Å². The molecule has 1 atom stereocenters. The molecule has 0 saturated carbocycles. The van der Waals surface area contributed by atoms with E-state index in [0.29, 0.717) is 38.6 Å². The van der Waals surface area contributed by atoms with E-state index in [1.54, 1.807) is 0 Å². The van der Waals surface area contributed by atoms with Gasteiger partial charge in [0.05, 0.1) is 25.8 Å². The van der Waals surface area contributed by atoms with Gasteiger partial charge in [-0.1, -0.05) is 19.9 Å². The minimum absolute atomic E-state index is 0.180. The van der Waals surface area contributed by atoms with Gasteiger partial charge >= 0.3 is 0 Å². The molecule has 0 radical (unpaired) electrons. The summed E-state index contributed by atoms with van der Waals surface area (Å²) in [6, 6.07) is 2.11. The maximum atomic E-state index is 12.1. The van der Waals surface area contributed by atoms with Crippen molar-refractivity contribution < 1.29 is 14.3 Å². The van der Waals surface area contributed by atoms with Crippen molar-refractivity contribution >= 4 is 5.91 Å². The Morgan fingerprint density at radius 2 is 2.25 bits per heavy atom. The standard InChI is InChI=1S/C19H28N2O3/c1-14(2)6-18(22)21-12-19(13-21)8-17(4-5-24-19)23-11-16-7-15(3)9-20-10-16/h7,9-10,14,17H,4-6,8,11-13H2,1-3H3/t17-/m1/s1. The van der Waals surface area contributed by atoms with Gasteiger partial charge in [-0.2, -0.15) is 0 Å². The Labute approximate surface area is 144 Å². The topological polar surface area (TPSA) is 51.7 Å². The van der Waals surface area contributed by atoms with Gasteiger partial charge < -0.3 is 14.4 Å². The summed E-state index contributed by atoms with van der Waals surface area (Å²) >= 11 is 0. The maximum absolute atomic E-state index is 12.1. The Morgan fingerprint density at radius 3 is 2.96 bits per heavy atom. The quantitative estimate of drug-likeness (QED) is 0.832. The van der Waals surface area contributed by atoms with Crippen LogP contribution in [0, 0.1) is 12.8 Å². The second-order valence-corrected chi connectivity index (χ2v) is 7.68. The molecule has 2 aliphatic rings. The van der Waals surface area contributed by atoms with Crippen LogP contribution in [-0.4, -0.2) is 47.2 Å². The molecular formula is C19H28N2O3. The summed E-state index contributed by atoms with van der Waals surface area (Å²) in [5.41, 5.74) is 2.08. The van der Waals surface area contributed by atoms with Crippen LogP contribution >= 0.6 is 0 Å². The van der Waals surface area contributed by atoms with Crippen LogP contribution in [0.5, 0.6) is 0 Å². The molecule has 1 aromatic heterocycles. The second-order valence-electron chi connectivity index (χ2n) is 7.68. The van der Waals surface area contributed by atoms with Crippen molar-refractivity contribution in [3.05, 3.63) is 29.6 Å². The summed E-state index contributed by atoms with van der Waals surface area (Å²) in [5, 5.41) is 0. The van der Waals surface area contributed by atoms with E-state index in [0.717, 1.165) is 24.0 Å². The van der Waals surface area contributed by atoms with Crippen molar-refractivity contribution in [1.29, 1.82) is 0 Å². The molecule has 2 saturated heterocycles. The summed E-state index contributed by atoms with van der Waals surface area (Å²) < 4.78 is 12.1. The van der Waals surface area contributed by atoms with Gasteiger partial charge in [0.25, 0.3) is 0 Å². The van der Waals surface area contributed by atoms with Crippen molar-refractivity contribution in [1.82, 2.24) is 9.88 Å². The number of nitrogens with zero attached hydrogens (tertiary/aromatic N) is 2. The lowest BCUT2D eigenvalue weighted by molar-refractivity contribution is -0.202. The lowest BCUT2D eigenvalue weighted by atomic mass is 9.84. The number of likely N-dealkylation sites (tertiary alicyclic amines) is 1. The maximum Gasteiger partial charge on any atom is 0.223 e. The lowest BCUT2D eigenvalue weighted by Crippen LogP contribution is -2.67. The highest BCUT2D eigenvalue weighted by molar-refractivity contribution is 5.77. The first-order valence-corrected chi connectivity index (χ1v) is 8.90. The monoisotopic (exact) mass is 332 g/mol. The molecule has 0 N–H and O–H groups in total. The summed E-state index contributed by atoms with van der Waals surface area (Å²) in [6.07, 6.45) is 6.32. The van der Waals surface area contributed by atoms with Crippen LogP contribution in [0.1, 0.15) is 44.2 Å². The summed E-state index contributed by atoms with van der Waals surface area (Å²) in [6.45, 7) is 8.92. The smallest absolute Gasteiger partial charge is 0.223 e. The first kappa shape index (κ1) is 17.4. The highest BCUT2D eigenvalue weighted by atomic mass is 16.5. The normalized spacial score (nSPS) is 22.7. The minimum Gasteiger partial charge on any atom is -0.373 e. The Morgan fingerprint density at radius 1 is 1.46 bits per heavy atom. The van der Waals surface area contributed by atoms with Gasteiger partial charge in [0.1, 0.15) is 5.60 Å². The first-order valence-electron chi connectivity index (χ1n) is 8.90. The van der Waals surface area contributed by atoms with Crippen molar-refractivity contribution in [3.63, 3.8) is 0 Å². The molecule has 1 amide bonds. The average molecular weight is 332 g/mol. The molecule has 2 fully saturated rings. The van der Waals surface area contributed by atoms with Gasteiger partial charge in [-0.3, -0.25) is 9.78 Å².